The Balaban J connectivity index is 2.06. The Hall–Kier alpha value is -1.33. The van der Waals surface area contributed by atoms with Crippen molar-refractivity contribution < 1.29 is 39.8 Å². The van der Waals surface area contributed by atoms with Gasteiger partial charge in [-0.05, 0) is 32.1 Å². The summed E-state index contributed by atoms with van der Waals surface area (Å²) in [5, 5.41) is 54.6. The molecule has 1 aliphatic rings. The molecule has 78 heavy (non-hydrogen) atoms. The van der Waals surface area contributed by atoms with E-state index in [2.05, 4.69) is 31.3 Å². The Bertz CT molecular complexity index is 1280. The summed E-state index contributed by atoms with van der Waals surface area (Å²) in [4.78, 5) is 13.1. The standard InChI is InChI=1S/C69H133NO8/c1-3-5-7-9-11-13-15-17-19-21-23-24-25-26-27-28-29-30-31-32-33-34-35-36-37-38-39-40-41-43-45-47-49-51-53-55-57-59-65(73)70-62(61-77-69-68(76)67(75)66(74)64(60-71)78-69)63(72)58-56-54-52-50-48-46-44-42-22-20-18-16-14-12-10-8-6-4-2/h48,50,56,58,62-64,66-69,71-72,74-76H,3-47,49,51-55,57,59-61H2,1-2H3,(H,70,73)/b50-48+,58-56+. The average molecular weight is 1100 g/mol. The van der Waals surface area contributed by atoms with Crippen LogP contribution in [0.15, 0.2) is 24.3 Å². The fraction of sp³-hybridized carbons (Fsp3) is 0.928. The first-order valence-corrected chi connectivity index (χ1v) is 34.6. The summed E-state index contributed by atoms with van der Waals surface area (Å²) >= 11 is 0. The summed E-state index contributed by atoms with van der Waals surface area (Å²) in [5.41, 5.74) is 0. The van der Waals surface area contributed by atoms with Gasteiger partial charge < -0.3 is 40.3 Å². The van der Waals surface area contributed by atoms with E-state index in [0.717, 1.165) is 38.5 Å². The number of hydrogen-bond acceptors (Lipinski definition) is 8. The number of carbonyl (C=O) groups excluding carboxylic acids is 1. The molecule has 462 valence electrons. The van der Waals surface area contributed by atoms with Crippen LogP contribution in [-0.2, 0) is 14.3 Å². The lowest BCUT2D eigenvalue weighted by Gasteiger charge is -2.40. The SMILES string of the molecule is CCCCCCCCCCCCCC/C=C/CC/C=C/C(O)C(COC1OC(CO)C(O)C(O)C1O)NC(=O)CCCCCCCCCCCCCCCCCCCCCCCCCCCCCCCCCCCCCCC. The minimum Gasteiger partial charge on any atom is -0.394 e. The van der Waals surface area contributed by atoms with Gasteiger partial charge in [-0.2, -0.15) is 0 Å². The molecular formula is C69H133NO8. The second-order valence-electron chi connectivity index (χ2n) is 24.3. The molecular weight excluding hydrogens is 971 g/mol. The molecule has 0 saturated carbocycles. The van der Waals surface area contributed by atoms with Crippen LogP contribution in [0.3, 0.4) is 0 Å². The van der Waals surface area contributed by atoms with Crippen molar-refractivity contribution >= 4 is 5.91 Å². The summed E-state index contributed by atoms with van der Waals surface area (Å²) in [6.07, 6.45) is 70.2. The van der Waals surface area contributed by atoms with E-state index < -0.39 is 49.5 Å². The van der Waals surface area contributed by atoms with E-state index in [0.29, 0.717) is 6.42 Å². The smallest absolute Gasteiger partial charge is 0.220 e. The number of aliphatic hydroxyl groups is 5. The maximum atomic E-state index is 13.1. The molecule has 1 fully saturated rings. The molecule has 0 radical (unpaired) electrons. The number of ether oxygens (including phenoxy) is 2. The second kappa shape index (κ2) is 58.9. The van der Waals surface area contributed by atoms with Crippen molar-refractivity contribution in [2.75, 3.05) is 13.2 Å². The summed E-state index contributed by atoms with van der Waals surface area (Å²) in [5.74, 6) is -0.179. The largest absolute Gasteiger partial charge is 0.394 e. The first kappa shape index (κ1) is 74.7. The number of nitrogens with one attached hydrogen (secondary N) is 1. The van der Waals surface area contributed by atoms with Gasteiger partial charge in [0.2, 0.25) is 5.91 Å². The highest BCUT2D eigenvalue weighted by atomic mass is 16.7. The minimum atomic E-state index is -1.57. The number of amides is 1. The number of rotatable bonds is 61. The van der Waals surface area contributed by atoms with Crippen LogP contribution in [0, 0.1) is 0 Å². The third-order valence-electron chi connectivity index (χ3n) is 16.8. The molecule has 0 aliphatic carbocycles. The lowest BCUT2D eigenvalue weighted by Crippen LogP contribution is -2.60. The molecule has 1 aliphatic heterocycles. The summed E-state index contributed by atoms with van der Waals surface area (Å²) in [7, 11) is 0. The van der Waals surface area contributed by atoms with E-state index in [1.807, 2.05) is 6.08 Å². The number of unbranched alkanes of at least 4 members (excludes halogenated alkanes) is 49. The van der Waals surface area contributed by atoms with Crippen LogP contribution >= 0.6 is 0 Å². The lowest BCUT2D eigenvalue weighted by atomic mass is 9.99. The topological polar surface area (TPSA) is 149 Å². The van der Waals surface area contributed by atoms with Gasteiger partial charge in [-0.1, -0.05) is 340 Å². The molecule has 1 amide bonds. The number of carbonyl (C=O) groups is 1. The third-order valence-corrected chi connectivity index (χ3v) is 16.8. The predicted molar refractivity (Wildman–Crippen MR) is 332 cm³/mol. The molecule has 6 N–H and O–H groups in total. The zero-order valence-corrected chi connectivity index (χ0v) is 51.7. The molecule has 0 spiro atoms. The number of aliphatic hydroxyl groups excluding tert-OH is 5. The van der Waals surface area contributed by atoms with Crippen molar-refractivity contribution in [3.8, 4) is 0 Å². The quantitative estimate of drug-likeness (QED) is 0.0261. The predicted octanol–water partition coefficient (Wildman–Crippen LogP) is 18.5. The van der Waals surface area contributed by atoms with E-state index in [1.165, 1.54) is 295 Å². The summed E-state index contributed by atoms with van der Waals surface area (Å²) < 4.78 is 11.3. The van der Waals surface area contributed by atoms with Crippen molar-refractivity contribution in [2.45, 2.75) is 397 Å². The van der Waals surface area contributed by atoms with Crippen LogP contribution < -0.4 is 5.32 Å². The summed E-state index contributed by atoms with van der Waals surface area (Å²) in [6, 6.07) is -0.819. The maximum absolute atomic E-state index is 13.1. The Labute approximate surface area is 483 Å². The van der Waals surface area contributed by atoms with Crippen molar-refractivity contribution in [3.63, 3.8) is 0 Å². The Kier molecular flexibility index (Phi) is 56.3. The first-order chi connectivity index (χ1) is 38.3. The minimum absolute atomic E-state index is 0.179. The molecule has 0 bridgehead atoms. The van der Waals surface area contributed by atoms with Crippen LogP contribution in [0.1, 0.15) is 354 Å². The van der Waals surface area contributed by atoms with Crippen molar-refractivity contribution in [1.29, 1.82) is 0 Å². The van der Waals surface area contributed by atoms with E-state index in [1.54, 1.807) is 6.08 Å². The molecule has 0 aromatic carbocycles. The van der Waals surface area contributed by atoms with Gasteiger partial charge in [-0.25, -0.2) is 0 Å². The molecule has 1 heterocycles. The van der Waals surface area contributed by atoms with Crippen LogP contribution in [0.2, 0.25) is 0 Å². The molecule has 1 rings (SSSR count). The molecule has 1 saturated heterocycles. The van der Waals surface area contributed by atoms with Crippen LogP contribution in [0.5, 0.6) is 0 Å². The van der Waals surface area contributed by atoms with Gasteiger partial charge in [0, 0.05) is 6.42 Å². The monoisotopic (exact) mass is 1100 g/mol. The highest BCUT2D eigenvalue weighted by Crippen LogP contribution is 2.23. The fourth-order valence-corrected chi connectivity index (χ4v) is 11.4. The fourth-order valence-electron chi connectivity index (χ4n) is 11.4. The van der Waals surface area contributed by atoms with Crippen LogP contribution in [-0.4, -0.2) is 87.5 Å². The van der Waals surface area contributed by atoms with Crippen molar-refractivity contribution in [3.05, 3.63) is 24.3 Å². The average Bonchev–Trinajstić information content (AvgIpc) is 3.45. The van der Waals surface area contributed by atoms with Crippen molar-refractivity contribution in [2.24, 2.45) is 0 Å². The third kappa shape index (κ3) is 47.2. The molecule has 0 aromatic rings. The van der Waals surface area contributed by atoms with Gasteiger partial charge in [0.15, 0.2) is 6.29 Å². The Morgan fingerprint density at radius 1 is 0.423 bits per heavy atom. The van der Waals surface area contributed by atoms with Crippen molar-refractivity contribution in [1.82, 2.24) is 5.32 Å². The number of hydrogen-bond donors (Lipinski definition) is 6. The van der Waals surface area contributed by atoms with E-state index >= 15 is 0 Å². The summed E-state index contributed by atoms with van der Waals surface area (Å²) in [6.45, 7) is 3.81. The van der Waals surface area contributed by atoms with E-state index in [4.69, 9.17) is 9.47 Å². The normalized spacial score (nSPS) is 18.7. The van der Waals surface area contributed by atoms with Gasteiger partial charge in [0.25, 0.3) is 0 Å². The van der Waals surface area contributed by atoms with Crippen LogP contribution in [0.4, 0.5) is 0 Å². The number of allylic oxidation sites excluding steroid dienone is 3. The lowest BCUT2D eigenvalue weighted by molar-refractivity contribution is -0.302. The first-order valence-electron chi connectivity index (χ1n) is 34.6. The highest BCUT2D eigenvalue weighted by Gasteiger charge is 2.44. The molecule has 0 aromatic heterocycles. The van der Waals surface area contributed by atoms with E-state index in [-0.39, 0.29) is 12.5 Å². The Morgan fingerprint density at radius 3 is 1.08 bits per heavy atom. The maximum Gasteiger partial charge on any atom is 0.220 e. The van der Waals surface area contributed by atoms with Gasteiger partial charge in [0.1, 0.15) is 24.4 Å². The second-order valence-corrected chi connectivity index (χ2v) is 24.3. The molecule has 7 unspecified atom stereocenters. The Morgan fingerprint density at radius 2 is 0.731 bits per heavy atom. The van der Waals surface area contributed by atoms with E-state index in [9.17, 15) is 30.3 Å². The van der Waals surface area contributed by atoms with Gasteiger partial charge in [-0.3, -0.25) is 4.79 Å². The highest BCUT2D eigenvalue weighted by molar-refractivity contribution is 5.76. The zero-order valence-electron chi connectivity index (χ0n) is 51.7. The van der Waals surface area contributed by atoms with Gasteiger partial charge in [0.05, 0.1) is 25.4 Å². The van der Waals surface area contributed by atoms with Gasteiger partial charge >= 0.3 is 0 Å². The molecule has 7 atom stereocenters. The zero-order chi connectivity index (χ0) is 56.5. The molecule has 9 nitrogen and oxygen atoms in total. The van der Waals surface area contributed by atoms with Crippen LogP contribution in [0.25, 0.3) is 0 Å². The van der Waals surface area contributed by atoms with Gasteiger partial charge in [-0.15, -0.1) is 0 Å². The molecule has 9 heteroatoms.